The number of hydrogen-bond acceptors (Lipinski definition) is 3. The van der Waals surface area contributed by atoms with Gasteiger partial charge in [-0.3, -0.25) is 0 Å². The third-order valence-electron chi connectivity index (χ3n) is 2.73. The standard InChI is InChI=1S/C12H12N2O3/c1-7(10-5-13-6-14-10)8-3-2-4-9(11(8)15)12(16)17/h2-7,15H,1H3,(H,13,14)(H,16,17)/p-1. The van der Waals surface area contributed by atoms with Gasteiger partial charge < -0.3 is 15.2 Å². The number of carboxylic acid groups (broad SMARTS) is 1. The number of aromatic nitrogens is 2. The Morgan fingerprint density at radius 2 is 2.29 bits per heavy atom. The Labute approximate surface area is 97.8 Å². The normalized spacial score (nSPS) is 12.3. The summed E-state index contributed by atoms with van der Waals surface area (Å²) in [4.78, 5) is 17.7. The largest absolute Gasteiger partial charge is 0.872 e. The maximum absolute atomic E-state index is 11.9. The van der Waals surface area contributed by atoms with Crippen molar-refractivity contribution in [1.29, 1.82) is 0 Å². The first-order valence-corrected chi connectivity index (χ1v) is 5.12. The van der Waals surface area contributed by atoms with E-state index in [0.29, 0.717) is 5.56 Å². The third-order valence-corrected chi connectivity index (χ3v) is 2.73. The molecular weight excluding hydrogens is 220 g/mol. The number of benzene rings is 1. The number of imidazole rings is 1. The van der Waals surface area contributed by atoms with E-state index in [1.807, 2.05) is 6.92 Å². The van der Waals surface area contributed by atoms with Crippen LogP contribution in [0, 0.1) is 0 Å². The van der Waals surface area contributed by atoms with Crippen molar-refractivity contribution in [2.45, 2.75) is 12.8 Å². The first-order valence-electron chi connectivity index (χ1n) is 5.12. The molecule has 2 rings (SSSR count). The van der Waals surface area contributed by atoms with Gasteiger partial charge >= 0.3 is 5.97 Å². The molecule has 1 heterocycles. The molecule has 0 spiro atoms. The minimum Gasteiger partial charge on any atom is -0.872 e. The quantitative estimate of drug-likeness (QED) is 0.834. The summed E-state index contributed by atoms with van der Waals surface area (Å²) in [5.74, 6) is -1.85. The summed E-state index contributed by atoms with van der Waals surface area (Å²) in [6.45, 7) is 1.83. The molecular formula is C12H11N2O3-. The molecule has 1 unspecified atom stereocenters. The second kappa shape index (κ2) is 4.29. The van der Waals surface area contributed by atoms with Gasteiger partial charge in [0.25, 0.3) is 0 Å². The molecule has 5 nitrogen and oxygen atoms in total. The first kappa shape index (κ1) is 11.2. The van der Waals surface area contributed by atoms with Crippen molar-refractivity contribution in [1.82, 2.24) is 9.97 Å². The molecule has 0 fully saturated rings. The molecule has 0 saturated heterocycles. The molecule has 0 aliphatic carbocycles. The number of carbonyl (C=O) groups is 1. The van der Waals surface area contributed by atoms with Gasteiger partial charge in [-0.05, 0) is 11.6 Å². The number of para-hydroxylation sites is 1. The summed E-state index contributed by atoms with van der Waals surface area (Å²) in [7, 11) is 0. The zero-order valence-corrected chi connectivity index (χ0v) is 9.18. The highest BCUT2D eigenvalue weighted by Crippen LogP contribution is 2.30. The molecule has 1 aromatic heterocycles. The lowest BCUT2D eigenvalue weighted by Crippen LogP contribution is -2.09. The van der Waals surface area contributed by atoms with E-state index >= 15 is 0 Å². The van der Waals surface area contributed by atoms with Crippen LogP contribution in [0.15, 0.2) is 30.7 Å². The molecule has 2 N–H and O–H groups in total. The Balaban J connectivity index is 2.46. The van der Waals surface area contributed by atoms with Crippen LogP contribution >= 0.6 is 0 Å². The number of nitrogens with one attached hydrogen (secondary N) is 1. The van der Waals surface area contributed by atoms with Crippen molar-refractivity contribution in [3.05, 3.63) is 47.5 Å². The minimum absolute atomic E-state index is 0.200. The number of hydrogen-bond donors (Lipinski definition) is 2. The van der Waals surface area contributed by atoms with E-state index in [1.165, 1.54) is 12.4 Å². The van der Waals surface area contributed by atoms with Crippen molar-refractivity contribution < 1.29 is 15.0 Å². The molecule has 17 heavy (non-hydrogen) atoms. The summed E-state index contributed by atoms with van der Waals surface area (Å²) < 4.78 is 0. The molecule has 2 aromatic rings. The highest BCUT2D eigenvalue weighted by Gasteiger charge is 2.13. The number of aromatic amines is 1. The zero-order valence-electron chi connectivity index (χ0n) is 9.18. The van der Waals surface area contributed by atoms with Crippen LogP contribution in [0.3, 0.4) is 0 Å². The van der Waals surface area contributed by atoms with Crippen LogP contribution in [-0.4, -0.2) is 21.0 Å². The monoisotopic (exact) mass is 231 g/mol. The Morgan fingerprint density at radius 1 is 1.53 bits per heavy atom. The first-order chi connectivity index (χ1) is 8.11. The smallest absolute Gasteiger partial charge is 0.335 e. The van der Waals surface area contributed by atoms with Crippen molar-refractivity contribution in [3.8, 4) is 5.75 Å². The van der Waals surface area contributed by atoms with E-state index in [-0.39, 0.29) is 11.5 Å². The molecule has 5 heteroatoms. The van der Waals surface area contributed by atoms with Crippen LogP contribution < -0.4 is 5.11 Å². The second-order valence-corrected chi connectivity index (χ2v) is 3.76. The lowest BCUT2D eigenvalue weighted by atomic mass is 9.95. The Bertz CT molecular complexity index is 535. The Morgan fingerprint density at radius 3 is 2.88 bits per heavy atom. The van der Waals surface area contributed by atoms with Gasteiger partial charge in [0.2, 0.25) is 0 Å². The molecule has 0 amide bonds. The van der Waals surface area contributed by atoms with Crippen LogP contribution in [0.2, 0.25) is 0 Å². The van der Waals surface area contributed by atoms with E-state index in [0.717, 1.165) is 5.69 Å². The topological polar surface area (TPSA) is 89.0 Å². The average molecular weight is 231 g/mol. The second-order valence-electron chi connectivity index (χ2n) is 3.76. The van der Waals surface area contributed by atoms with E-state index in [4.69, 9.17) is 5.11 Å². The number of H-pyrrole nitrogens is 1. The molecule has 0 saturated carbocycles. The Hall–Kier alpha value is -2.30. The van der Waals surface area contributed by atoms with Crippen molar-refractivity contribution in [2.75, 3.05) is 0 Å². The van der Waals surface area contributed by atoms with Gasteiger partial charge in [0.05, 0.1) is 11.9 Å². The van der Waals surface area contributed by atoms with Gasteiger partial charge in [-0.15, -0.1) is 0 Å². The molecule has 88 valence electrons. The molecule has 0 bridgehead atoms. The SMILES string of the molecule is CC(c1cnc[nH]1)c1cccc(C(=O)O)c1[O-]. The van der Waals surface area contributed by atoms with Crippen molar-refractivity contribution in [3.63, 3.8) is 0 Å². The lowest BCUT2D eigenvalue weighted by Gasteiger charge is -2.20. The van der Waals surface area contributed by atoms with Crippen LogP contribution in [0.5, 0.6) is 5.75 Å². The summed E-state index contributed by atoms with van der Waals surface area (Å²) in [6, 6.07) is 4.53. The maximum Gasteiger partial charge on any atom is 0.335 e. The summed E-state index contributed by atoms with van der Waals surface area (Å²) in [6.07, 6.45) is 3.15. The fraction of sp³-hybridized carbons (Fsp3) is 0.167. The van der Waals surface area contributed by atoms with Crippen LogP contribution in [0.25, 0.3) is 0 Å². The van der Waals surface area contributed by atoms with Crippen molar-refractivity contribution in [2.24, 2.45) is 0 Å². The molecule has 0 radical (unpaired) electrons. The maximum atomic E-state index is 11.9. The minimum atomic E-state index is -1.20. The average Bonchev–Trinajstić information content (AvgIpc) is 2.81. The number of rotatable bonds is 3. The lowest BCUT2D eigenvalue weighted by molar-refractivity contribution is -0.270. The van der Waals surface area contributed by atoms with Gasteiger partial charge in [0, 0.05) is 17.8 Å². The van der Waals surface area contributed by atoms with Crippen LogP contribution in [0.1, 0.15) is 34.5 Å². The van der Waals surface area contributed by atoms with Gasteiger partial charge in [-0.25, -0.2) is 9.78 Å². The Kier molecular flexibility index (Phi) is 2.82. The zero-order chi connectivity index (χ0) is 12.4. The summed E-state index contributed by atoms with van der Waals surface area (Å²) in [5, 5.41) is 20.8. The van der Waals surface area contributed by atoms with Crippen molar-refractivity contribution >= 4 is 5.97 Å². The highest BCUT2D eigenvalue weighted by atomic mass is 16.4. The van der Waals surface area contributed by atoms with E-state index in [2.05, 4.69) is 9.97 Å². The summed E-state index contributed by atoms with van der Waals surface area (Å²) in [5.41, 5.74) is 1.03. The number of nitrogens with zero attached hydrogens (tertiary/aromatic N) is 1. The number of aromatic carboxylic acids is 1. The molecule has 1 atom stereocenters. The van der Waals surface area contributed by atoms with Gasteiger partial charge in [0.1, 0.15) is 0 Å². The fourth-order valence-electron chi connectivity index (χ4n) is 1.74. The van der Waals surface area contributed by atoms with E-state index in [1.54, 1.807) is 18.3 Å². The summed E-state index contributed by atoms with van der Waals surface area (Å²) >= 11 is 0. The van der Waals surface area contributed by atoms with Gasteiger partial charge in [-0.2, -0.15) is 0 Å². The van der Waals surface area contributed by atoms with Crippen LogP contribution in [0.4, 0.5) is 0 Å². The molecule has 1 aromatic carbocycles. The fourth-order valence-corrected chi connectivity index (χ4v) is 1.74. The molecule has 0 aliphatic heterocycles. The predicted octanol–water partition coefficient (Wildman–Crippen LogP) is 1.33. The van der Waals surface area contributed by atoms with E-state index in [9.17, 15) is 9.90 Å². The van der Waals surface area contributed by atoms with Crippen LogP contribution in [-0.2, 0) is 0 Å². The highest BCUT2D eigenvalue weighted by molar-refractivity contribution is 5.91. The predicted molar refractivity (Wildman–Crippen MR) is 59.0 cm³/mol. The third kappa shape index (κ3) is 1.99. The number of carboxylic acids is 1. The van der Waals surface area contributed by atoms with E-state index < -0.39 is 11.7 Å². The van der Waals surface area contributed by atoms with Gasteiger partial charge in [0.15, 0.2) is 0 Å². The molecule has 0 aliphatic rings. The van der Waals surface area contributed by atoms with Gasteiger partial charge in [-0.1, -0.05) is 24.8 Å².